The van der Waals surface area contributed by atoms with Crippen LogP contribution in [-0.4, -0.2) is 23.1 Å². The van der Waals surface area contributed by atoms with E-state index in [0.29, 0.717) is 0 Å². The third kappa shape index (κ3) is 4.57. The highest BCUT2D eigenvalue weighted by Crippen LogP contribution is 2.50. The maximum Gasteiger partial charge on any atom is 0.239 e. The molecule has 3 N–H and O–H groups in total. The summed E-state index contributed by atoms with van der Waals surface area (Å²) >= 11 is 1.55. The van der Waals surface area contributed by atoms with E-state index in [0.717, 1.165) is 16.7 Å². The largest absolute Gasteiger partial charge is 0.368 e. The van der Waals surface area contributed by atoms with Crippen molar-refractivity contribution in [3.05, 3.63) is 108 Å². The number of thioether (sulfide) groups is 1. The Morgan fingerprint density at radius 2 is 1.13 bits per heavy atom. The molecule has 0 radical (unpaired) electrons. The van der Waals surface area contributed by atoms with E-state index in [1.807, 2.05) is 61.5 Å². The summed E-state index contributed by atoms with van der Waals surface area (Å²) in [5, 5.41) is 2.28. The predicted molar refractivity (Wildman–Crippen MR) is 123 cm³/mol. The molecule has 30 heavy (non-hydrogen) atoms. The molecule has 3 rings (SSSR count). The Balaban J connectivity index is 2.12. The van der Waals surface area contributed by atoms with Crippen molar-refractivity contribution < 1.29 is 9.59 Å². The first-order valence-corrected chi connectivity index (χ1v) is 10.8. The Labute approximate surface area is 181 Å². The highest BCUT2D eigenvalue weighted by atomic mass is 32.2. The first kappa shape index (κ1) is 21.7. The number of hydrogen-bond acceptors (Lipinski definition) is 3. The molecule has 0 unspecified atom stereocenters. The fourth-order valence-electron chi connectivity index (χ4n) is 3.44. The van der Waals surface area contributed by atoms with Crippen LogP contribution in [0.15, 0.2) is 91.0 Å². The van der Waals surface area contributed by atoms with Gasteiger partial charge in [-0.05, 0) is 30.5 Å². The lowest BCUT2D eigenvalue weighted by atomic mass is 9.84. The Morgan fingerprint density at radius 1 is 0.767 bits per heavy atom. The number of nitrogens with one attached hydrogen (secondary N) is 1. The maximum atomic E-state index is 12.9. The van der Waals surface area contributed by atoms with Crippen LogP contribution in [0.5, 0.6) is 0 Å². The van der Waals surface area contributed by atoms with E-state index < -0.39 is 21.9 Å². The van der Waals surface area contributed by atoms with Crippen LogP contribution in [0.3, 0.4) is 0 Å². The number of benzene rings is 3. The van der Waals surface area contributed by atoms with Crippen LogP contribution in [0.1, 0.15) is 30.5 Å². The summed E-state index contributed by atoms with van der Waals surface area (Å²) in [6, 6.07) is 29.8. The number of hydrogen-bond donors (Lipinski definition) is 2. The van der Waals surface area contributed by atoms with E-state index in [4.69, 9.17) is 5.73 Å². The minimum absolute atomic E-state index is 0.224. The molecule has 2 atom stereocenters. The summed E-state index contributed by atoms with van der Waals surface area (Å²) in [6.07, 6.45) is 0. The van der Waals surface area contributed by atoms with E-state index in [1.54, 1.807) is 18.7 Å². The summed E-state index contributed by atoms with van der Waals surface area (Å²) in [6.45, 7) is 3.45. The molecule has 4 nitrogen and oxygen atoms in total. The van der Waals surface area contributed by atoms with Crippen molar-refractivity contribution in [2.45, 2.75) is 29.9 Å². The van der Waals surface area contributed by atoms with Crippen molar-refractivity contribution in [2.24, 2.45) is 5.73 Å². The molecule has 0 aliphatic rings. The number of carbonyl (C=O) groups is 2. The molecule has 2 amide bonds. The summed E-state index contributed by atoms with van der Waals surface area (Å²) in [5.41, 5.74) is 8.56. The van der Waals surface area contributed by atoms with Gasteiger partial charge in [-0.15, -0.1) is 11.8 Å². The second kappa shape index (κ2) is 9.63. The first-order chi connectivity index (χ1) is 14.4. The zero-order valence-electron chi connectivity index (χ0n) is 17.1. The lowest BCUT2D eigenvalue weighted by Crippen LogP contribution is -2.46. The Hall–Kier alpha value is -3.05. The molecule has 0 aliphatic heterocycles. The van der Waals surface area contributed by atoms with E-state index >= 15 is 0 Å². The van der Waals surface area contributed by atoms with E-state index in [9.17, 15) is 9.59 Å². The third-order valence-corrected chi connectivity index (χ3v) is 6.68. The molecule has 3 aromatic carbocycles. The highest BCUT2D eigenvalue weighted by Gasteiger charge is 2.40. The van der Waals surface area contributed by atoms with Crippen LogP contribution in [0.2, 0.25) is 0 Å². The minimum Gasteiger partial charge on any atom is -0.368 e. The van der Waals surface area contributed by atoms with Gasteiger partial charge in [0, 0.05) is 0 Å². The number of nitrogens with two attached hydrogens (primary N) is 1. The van der Waals surface area contributed by atoms with Crippen molar-refractivity contribution in [3.63, 3.8) is 0 Å². The third-order valence-electron chi connectivity index (χ3n) is 5.05. The predicted octanol–water partition coefficient (Wildman–Crippen LogP) is 4.09. The average Bonchev–Trinajstić information content (AvgIpc) is 2.79. The van der Waals surface area contributed by atoms with Gasteiger partial charge in [-0.25, -0.2) is 0 Å². The SMILES string of the molecule is C[C@H](SC(c1ccccc1)(c1ccccc1)c1ccccc1)C(=O)N[C@H](C)C(N)=O. The van der Waals surface area contributed by atoms with Crippen LogP contribution in [0.4, 0.5) is 0 Å². The normalized spacial score (nSPS) is 13.3. The number of amides is 2. The van der Waals surface area contributed by atoms with Gasteiger partial charge in [-0.1, -0.05) is 91.0 Å². The topological polar surface area (TPSA) is 72.2 Å². The Bertz CT molecular complexity index is 881. The standard InChI is InChI=1S/C25H26N2O2S/c1-18(23(26)28)27-24(29)19(2)30-25(20-12-6-3-7-13-20,21-14-8-4-9-15-21)22-16-10-5-11-17-22/h3-19H,1-2H3,(H2,26,28)(H,27,29)/t18-,19+/m1/s1. The minimum atomic E-state index is -0.722. The van der Waals surface area contributed by atoms with E-state index in [-0.39, 0.29) is 5.91 Å². The van der Waals surface area contributed by atoms with E-state index in [2.05, 4.69) is 41.7 Å². The Kier molecular flexibility index (Phi) is 6.95. The van der Waals surface area contributed by atoms with E-state index in [1.165, 1.54) is 0 Å². The van der Waals surface area contributed by atoms with Gasteiger partial charge in [-0.3, -0.25) is 9.59 Å². The lowest BCUT2D eigenvalue weighted by Gasteiger charge is -2.37. The molecule has 5 heteroatoms. The molecule has 0 heterocycles. The van der Waals surface area contributed by atoms with Crippen molar-refractivity contribution in [2.75, 3.05) is 0 Å². The van der Waals surface area contributed by atoms with Gasteiger partial charge in [-0.2, -0.15) is 0 Å². The van der Waals surface area contributed by atoms with Crippen LogP contribution >= 0.6 is 11.8 Å². The zero-order chi connectivity index (χ0) is 21.6. The van der Waals surface area contributed by atoms with Crippen LogP contribution in [0.25, 0.3) is 0 Å². The van der Waals surface area contributed by atoms with Gasteiger partial charge in [0.05, 0.1) is 10.00 Å². The fourth-order valence-corrected chi connectivity index (χ4v) is 4.97. The molecule has 0 aromatic heterocycles. The molecule has 0 spiro atoms. The molecule has 0 saturated heterocycles. The van der Waals surface area contributed by atoms with Crippen LogP contribution < -0.4 is 11.1 Å². The number of rotatable bonds is 8. The van der Waals surface area contributed by atoms with Crippen molar-refractivity contribution >= 4 is 23.6 Å². The summed E-state index contributed by atoms with van der Waals surface area (Å²) < 4.78 is -0.601. The molecule has 154 valence electrons. The van der Waals surface area contributed by atoms with Gasteiger partial charge in [0.2, 0.25) is 11.8 Å². The summed E-state index contributed by atoms with van der Waals surface area (Å²) in [7, 11) is 0. The average molecular weight is 419 g/mol. The molecule has 0 aliphatic carbocycles. The van der Waals surface area contributed by atoms with Crippen molar-refractivity contribution in [3.8, 4) is 0 Å². The fraction of sp³-hybridized carbons (Fsp3) is 0.200. The van der Waals surface area contributed by atoms with Crippen molar-refractivity contribution in [1.29, 1.82) is 0 Å². The van der Waals surface area contributed by atoms with Crippen LogP contribution in [0, 0.1) is 0 Å². The van der Waals surface area contributed by atoms with Gasteiger partial charge >= 0.3 is 0 Å². The molecule has 3 aromatic rings. The molecular formula is C25H26N2O2S. The summed E-state index contributed by atoms with van der Waals surface area (Å²) in [5.74, 6) is -0.778. The monoisotopic (exact) mass is 418 g/mol. The molecular weight excluding hydrogens is 392 g/mol. The zero-order valence-corrected chi connectivity index (χ0v) is 17.9. The van der Waals surface area contributed by atoms with Gasteiger partial charge in [0.15, 0.2) is 0 Å². The highest BCUT2D eigenvalue weighted by molar-refractivity contribution is 8.01. The van der Waals surface area contributed by atoms with Gasteiger partial charge < -0.3 is 11.1 Å². The van der Waals surface area contributed by atoms with Crippen LogP contribution in [-0.2, 0) is 14.3 Å². The lowest BCUT2D eigenvalue weighted by molar-refractivity contribution is -0.126. The molecule has 0 bridgehead atoms. The Morgan fingerprint density at radius 3 is 1.47 bits per heavy atom. The quantitative estimate of drug-likeness (QED) is 0.541. The molecule has 0 saturated carbocycles. The molecule has 0 fully saturated rings. The first-order valence-electron chi connectivity index (χ1n) is 9.89. The number of carbonyl (C=O) groups excluding carboxylic acids is 2. The maximum absolute atomic E-state index is 12.9. The smallest absolute Gasteiger partial charge is 0.239 e. The second-order valence-electron chi connectivity index (χ2n) is 7.17. The van der Waals surface area contributed by atoms with Gasteiger partial charge in [0.25, 0.3) is 0 Å². The second-order valence-corrected chi connectivity index (χ2v) is 8.73. The van der Waals surface area contributed by atoms with Crippen molar-refractivity contribution in [1.82, 2.24) is 5.32 Å². The number of primary amides is 1. The summed E-state index contributed by atoms with van der Waals surface area (Å²) in [4.78, 5) is 24.3. The van der Waals surface area contributed by atoms with Gasteiger partial charge in [0.1, 0.15) is 6.04 Å².